The highest BCUT2D eigenvalue weighted by Crippen LogP contribution is 2.39. The van der Waals surface area contributed by atoms with Crippen LogP contribution >= 0.6 is 0 Å². The van der Waals surface area contributed by atoms with Gasteiger partial charge in [-0.25, -0.2) is 0 Å². The highest BCUT2D eigenvalue weighted by molar-refractivity contribution is 5.70. The SMILES string of the molecule is Cc1cc(=O)n2nc(Nc3c4c(cc5c3CCC5)CCC4)nc2n1C. The van der Waals surface area contributed by atoms with Gasteiger partial charge in [0.1, 0.15) is 0 Å². The predicted molar refractivity (Wildman–Crippen MR) is 96.7 cm³/mol. The standard InChI is InChI=1S/C19H21N5O/c1-11-9-16(25)24-19(23(11)2)21-18(22-24)20-17-14-7-3-5-12(14)10-13-6-4-8-15(13)17/h9-10H,3-8H2,1-2H3,(H,20,22). The Labute approximate surface area is 145 Å². The third-order valence-electron chi connectivity index (χ3n) is 5.67. The van der Waals surface area contributed by atoms with E-state index in [0.29, 0.717) is 11.7 Å². The van der Waals surface area contributed by atoms with Crippen LogP contribution in [0.25, 0.3) is 5.78 Å². The fourth-order valence-corrected chi connectivity index (χ4v) is 4.30. The summed E-state index contributed by atoms with van der Waals surface area (Å²) in [5.74, 6) is 1.07. The molecule has 1 N–H and O–H groups in total. The zero-order valence-electron chi connectivity index (χ0n) is 14.6. The molecule has 1 aromatic carbocycles. The molecule has 0 bridgehead atoms. The van der Waals surface area contributed by atoms with Crippen LogP contribution in [-0.4, -0.2) is 19.2 Å². The van der Waals surface area contributed by atoms with Gasteiger partial charge in [0, 0.05) is 24.5 Å². The number of aryl methyl sites for hydroxylation is 4. The molecule has 0 radical (unpaired) electrons. The van der Waals surface area contributed by atoms with Crippen molar-refractivity contribution in [2.75, 3.05) is 5.32 Å². The summed E-state index contributed by atoms with van der Waals surface area (Å²) in [4.78, 5) is 16.8. The van der Waals surface area contributed by atoms with Crippen molar-refractivity contribution in [3.63, 3.8) is 0 Å². The summed E-state index contributed by atoms with van der Waals surface area (Å²) in [5, 5.41) is 7.89. The molecule has 6 nitrogen and oxygen atoms in total. The molecule has 2 aliphatic carbocycles. The summed E-state index contributed by atoms with van der Waals surface area (Å²) in [5.41, 5.74) is 7.71. The molecule has 0 saturated carbocycles. The van der Waals surface area contributed by atoms with Crippen molar-refractivity contribution in [1.82, 2.24) is 19.2 Å². The molecule has 0 saturated heterocycles. The predicted octanol–water partition coefficient (Wildman–Crippen LogP) is 2.46. The summed E-state index contributed by atoms with van der Waals surface area (Å²) >= 11 is 0. The van der Waals surface area contributed by atoms with Gasteiger partial charge < -0.3 is 9.88 Å². The maximum Gasteiger partial charge on any atom is 0.275 e. The van der Waals surface area contributed by atoms with Crippen LogP contribution in [0.4, 0.5) is 11.6 Å². The molecule has 0 amide bonds. The van der Waals surface area contributed by atoms with Crippen LogP contribution in [0.15, 0.2) is 16.9 Å². The molecule has 2 heterocycles. The van der Waals surface area contributed by atoms with E-state index >= 15 is 0 Å². The Morgan fingerprint density at radius 1 is 1.04 bits per heavy atom. The van der Waals surface area contributed by atoms with Crippen LogP contribution in [0.1, 0.15) is 40.8 Å². The van der Waals surface area contributed by atoms with Gasteiger partial charge in [0.2, 0.25) is 11.7 Å². The largest absolute Gasteiger partial charge is 0.322 e. The first-order chi connectivity index (χ1) is 12.1. The molecule has 0 fully saturated rings. The van der Waals surface area contributed by atoms with Gasteiger partial charge in [0.25, 0.3) is 5.56 Å². The Kier molecular flexibility index (Phi) is 3.04. The van der Waals surface area contributed by atoms with Gasteiger partial charge >= 0.3 is 0 Å². The van der Waals surface area contributed by atoms with Gasteiger partial charge in [-0.1, -0.05) is 6.07 Å². The van der Waals surface area contributed by atoms with Crippen LogP contribution in [0, 0.1) is 6.92 Å². The van der Waals surface area contributed by atoms with Crippen molar-refractivity contribution < 1.29 is 0 Å². The van der Waals surface area contributed by atoms with Crippen LogP contribution in [0.3, 0.4) is 0 Å². The zero-order valence-corrected chi connectivity index (χ0v) is 14.6. The zero-order chi connectivity index (χ0) is 17.1. The molecule has 3 aromatic rings. The molecule has 0 spiro atoms. The van der Waals surface area contributed by atoms with Gasteiger partial charge in [0.05, 0.1) is 0 Å². The molecule has 5 rings (SSSR count). The van der Waals surface area contributed by atoms with E-state index in [2.05, 4.69) is 21.5 Å². The molecule has 0 atom stereocenters. The summed E-state index contributed by atoms with van der Waals surface area (Å²) in [6.45, 7) is 1.90. The van der Waals surface area contributed by atoms with Gasteiger partial charge in [-0.15, -0.1) is 5.10 Å². The topological polar surface area (TPSA) is 64.2 Å². The second-order valence-electron chi connectivity index (χ2n) is 7.19. The minimum Gasteiger partial charge on any atom is -0.322 e. The monoisotopic (exact) mass is 335 g/mol. The Morgan fingerprint density at radius 3 is 2.40 bits per heavy atom. The first-order valence-electron chi connectivity index (χ1n) is 8.99. The van der Waals surface area contributed by atoms with E-state index in [0.717, 1.165) is 31.4 Å². The van der Waals surface area contributed by atoms with Crippen molar-refractivity contribution in [1.29, 1.82) is 0 Å². The molecule has 0 unspecified atom stereocenters. The third-order valence-corrected chi connectivity index (χ3v) is 5.67. The van der Waals surface area contributed by atoms with E-state index in [1.54, 1.807) is 6.07 Å². The normalized spacial score (nSPS) is 15.6. The lowest BCUT2D eigenvalue weighted by atomic mass is 9.99. The minimum absolute atomic E-state index is 0.144. The molecule has 25 heavy (non-hydrogen) atoms. The van der Waals surface area contributed by atoms with E-state index < -0.39 is 0 Å². The van der Waals surface area contributed by atoms with Gasteiger partial charge in [-0.2, -0.15) is 9.50 Å². The Hall–Kier alpha value is -2.63. The van der Waals surface area contributed by atoms with Gasteiger partial charge in [0.15, 0.2) is 0 Å². The number of fused-ring (bicyclic) bond motifs is 3. The average Bonchev–Trinajstić information content (AvgIpc) is 3.31. The Bertz CT molecular complexity index is 1040. The second-order valence-corrected chi connectivity index (χ2v) is 7.19. The number of hydrogen-bond donors (Lipinski definition) is 1. The highest BCUT2D eigenvalue weighted by Gasteiger charge is 2.25. The summed E-state index contributed by atoms with van der Waals surface area (Å²) < 4.78 is 3.26. The second kappa shape index (κ2) is 5.18. The van der Waals surface area contributed by atoms with E-state index in [4.69, 9.17) is 0 Å². The quantitative estimate of drug-likeness (QED) is 0.781. The Morgan fingerprint density at radius 2 is 1.72 bits per heavy atom. The number of aromatic nitrogens is 4. The van der Waals surface area contributed by atoms with Crippen LogP contribution < -0.4 is 10.9 Å². The molecule has 0 aliphatic heterocycles. The lowest BCUT2D eigenvalue weighted by molar-refractivity contribution is 0.792. The lowest BCUT2D eigenvalue weighted by Crippen LogP contribution is -2.18. The van der Waals surface area contributed by atoms with Crippen molar-refractivity contribution in [2.24, 2.45) is 7.05 Å². The summed E-state index contributed by atoms with van der Waals surface area (Å²) in [6, 6.07) is 4.00. The first kappa shape index (κ1) is 14.7. The van der Waals surface area contributed by atoms with Crippen molar-refractivity contribution in [2.45, 2.75) is 45.4 Å². The molecule has 6 heteroatoms. The third kappa shape index (κ3) is 2.13. The Balaban J connectivity index is 1.66. The number of nitrogens with one attached hydrogen (secondary N) is 1. The lowest BCUT2D eigenvalue weighted by Gasteiger charge is -2.14. The van der Waals surface area contributed by atoms with Crippen LogP contribution in [-0.2, 0) is 32.7 Å². The number of benzene rings is 1. The number of nitrogens with zero attached hydrogens (tertiary/aromatic N) is 4. The molecular weight excluding hydrogens is 314 g/mol. The number of hydrogen-bond acceptors (Lipinski definition) is 4. The smallest absolute Gasteiger partial charge is 0.275 e. The van der Waals surface area contributed by atoms with E-state index in [9.17, 15) is 4.79 Å². The van der Waals surface area contributed by atoms with E-state index in [1.165, 1.54) is 45.3 Å². The van der Waals surface area contributed by atoms with Gasteiger partial charge in [-0.05, 0) is 67.7 Å². The molecule has 2 aromatic heterocycles. The maximum atomic E-state index is 12.2. The minimum atomic E-state index is -0.144. The maximum absolute atomic E-state index is 12.2. The fourth-order valence-electron chi connectivity index (χ4n) is 4.30. The van der Waals surface area contributed by atoms with E-state index in [1.807, 2.05) is 18.5 Å². The summed E-state index contributed by atoms with van der Waals surface area (Å²) in [6.07, 6.45) is 6.97. The number of rotatable bonds is 2. The van der Waals surface area contributed by atoms with Crippen molar-refractivity contribution in [3.05, 3.63) is 50.4 Å². The molecular formula is C19H21N5O. The van der Waals surface area contributed by atoms with Crippen LogP contribution in [0.2, 0.25) is 0 Å². The fraction of sp³-hybridized carbons (Fsp3) is 0.421. The van der Waals surface area contributed by atoms with Crippen molar-refractivity contribution in [3.8, 4) is 0 Å². The average molecular weight is 335 g/mol. The number of anilines is 2. The van der Waals surface area contributed by atoms with Gasteiger partial charge in [-0.3, -0.25) is 4.79 Å². The summed E-state index contributed by atoms with van der Waals surface area (Å²) in [7, 11) is 1.90. The highest BCUT2D eigenvalue weighted by atomic mass is 16.1. The van der Waals surface area contributed by atoms with Crippen molar-refractivity contribution >= 4 is 17.4 Å². The van der Waals surface area contributed by atoms with Crippen LogP contribution in [0.5, 0.6) is 0 Å². The molecule has 2 aliphatic rings. The van der Waals surface area contributed by atoms with E-state index in [-0.39, 0.29) is 5.56 Å². The first-order valence-corrected chi connectivity index (χ1v) is 8.99. The molecule has 128 valence electrons.